The first-order valence-electron chi connectivity index (χ1n) is 5.97. The molecule has 1 aliphatic heterocycles. The van der Waals surface area contributed by atoms with Gasteiger partial charge in [0.15, 0.2) is 0 Å². The van der Waals surface area contributed by atoms with Crippen molar-refractivity contribution in [2.75, 3.05) is 19.0 Å². The molecule has 17 heavy (non-hydrogen) atoms. The molecule has 2 nitrogen and oxygen atoms in total. The van der Waals surface area contributed by atoms with E-state index in [4.69, 9.17) is 10.5 Å². The number of thioether (sulfide) groups is 1. The third-order valence-corrected chi connectivity index (χ3v) is 4.25. The summed E-state index contributed by atoms with van der Waals surface area (Å²) in [5.41, 5.74) is 6.16. The Kier molecular flexibility index (Phi) is 4.83. The molecule has 1 saturated heterocycles. The fourth-order valence-electron chi connectivity index (χ4n) is 2.03. The van der Waals surface area contributed by atoms with Gasteiger partial charge in [-0.2, -0.15) is 0 Å². The summed E-state index contributed by atoms with van der Waals surface area (Å²) in [6.45, 7) is 1.64. The number of nitrogens with two attached hydrogens (primary N) is 1. The lowest BCUT2D eigenvalue weighted by Crippen LogP contribution is -2.36. The lowest BCUT2D eigenvalue weighted by Gasteiger charge is -2.27. The zero-order valence-corrected chi connectivity index (χ0v) is 10.6. The summed E-state index contributed by atoms with van der Waals surface area (Å²) in [5, 5.41) is 0. The Morgan fingerprint density at radius 2 is 2.18 bits per heavy atom. The topological polar surface area (TPSA) is 35.2 Å². The van der Waals surface area contributed by atoms with E-state index in [2.05, 4.69) is 0 Å². The molecule has 0 amide bonds. The normalized spacial score (nSPS) is 19.2. The minimum atomic E-state index is -0.186. The monoisotopic (exact) mass is 255 g/mol. The second-order valence-corrected chi connectivity index (χ2v) is 5.48. The van der Waals surface area contributed by atoms with Gasteiger partial charge in [0.05, 0.1) is 0 Å². The Balaban J connectivity index is 1.80. The molecule has 0 aromatic heterocycles. The molecule has 1 atom stereocenters. The zero-order chi connectivity index (χ0) is 12.1. The molecule has 94 valence electrons. The summed E-state index contributed by atoms with van der Waals surface area (Å²) >= 11 is 1.63. The van der Waals surface area contributed by atoms with Crippen LogP contribution in [0, 0.1) is 11.7 Å². The summed E-state index contributed by atoms with van der Waals surface area (Å²) in [6.07, 6.45) is 2.09. The molecule has 1 unspecified atom stereocenters. The van der Waals surface area contributed by atoms with Crippen molar-refractivity contribution in [3.05, 3.63) is 30.1 Å². The van der Waals surface area contributed by atoms with Gasteiger partial charge < -0.3 is 10.5 Å². The van der Waals surface area contributed by atoms with E-state index in [1.54, 1.807) is 23.9 Å². The standard InChI is InChI=1S/C13H18FNOS/c14-11-2-1-3-12(8-11)17-9-13(15)10-4-6-16-7-5-10/h1-3,8,10,13H,4-7,9,15H2. The van der Waals surface area contributed by atoms with Crippen LogP contribution in [-0.4, -0.2) is 25.0 Å². The minimum absolute atomic E-state index is 0.173. The van der Waals surface area contributed by atoms with E-state index in [-0.39, 0.29) is 11.9 Å². The Bertz CT molecular complexity index is 355. The van der Waals surface area contributed by atoms with Gasteiger partial charge in [0, 0.05) is 29.9 Å². The Morgan fingerprint density at radius 1 is 1.41 bits per heavy atom. The predicted molar refractivity (Wildman–Crippen MR) is 68.6 cm³/mol. The van der Waals surface area contributed by atoms with Crippen LogP contribution in [0.4, 0.5) is 4.39 Å². The van der Waals surface area contributed by atoms with Crippen molar-refractivity contribution >= 4 is 11.8 Å². The largest absolute Gasteiger partial charge is 0.381 e. The van der Waals surface area contributed by atoms with Crippen LogP contribution in [0.3, 0.4) is 0 Å². The summed E-state index contributed by atoms with van der Waals surface area (Å²) in [6, 6.07) is 6.85. The summed E-state index contributed by atoms with van der Waals surface area (Å²) in [5.74, 6) is 1.20. The molecule has 0 radical (unpaired) electrons. The zero-order valence-electron chi connectivity index (χ0n) is 9.77. The van der Waals surface area contributed by atoms with Crippen LogP contribution in [-0.2, 0) is 4.74 Å². The summed E-state index contributed by atoms with van der Waals surface area (Å²) in [4.78, 5) is 0.951. The average Bonchev–Trinajstić information content (AvgIpc) is 2.37. The molecule has 1 aliphatic rings. The fourth-order valence-corrected chi connectivity index (χ4v) is 3.06. The maximum absolute atomic E-state index is 13.0. The van der Waals surface area contributed by atoms with Gasteiger partial charge in [0.2, 0.25) is 0 Å². The molecule has 0 aliphatic carbocycles. The summed E-state index contributed by atoms with van der Waals surface area (Å²) in [7, 11) is 0. The van der Waals surface area contributed by atoms with Crippen LogP contribution < -0.4 is 5.73 Å². The van der Waals surface area contributed by atoms with Crippen LogP contribution in [0.2, 0.25) is 0 Å². The number of hydrogen-bond acceptors (Lipinski definition) is 3. The number of hydrogen-bond donors (Lipinski definition) is 1. The van der Waals surface area contributed by atoms with Crippen LogP contribution in [0.5, 0.6) is 0 Å². The quantitative estimate of drug-likeness (QED) is 0.840. The molecule has 1 aromatic carbocycles. The molecule has 2 N–H and O–H groups in total. The van der Waals surface area contributed by atoms with Gasteiger partial charge in [-0.3, -0.25) is 0 Å². The third-order valence-electron chi connectivity index (χ3n) is 3.11. The molecule has 0 spiro atoms. The Labute approximate surface area is 106 Å². The fraction of sp³-hybridized carbons (Fsp3) is 0.538. The molecule has 1 fully saturated rings. The number of benzene rings is 1. The molecule has 2 rings (SSSR count). The van der Waals surface area contributed by atoms with E-state index >= 15 is 0 Å². The van der Waals surface area contributed by atoms with Crippen LogP contribution in [0.1, 0.15) is 12.8 Å². The molecular weight excluding hydrogens is 237 g/mol. The van der Waals surface area contributed by atoms with Crippen molar-refractivity contribution in [1.29, 1.82) is 0 Å². The van der Waals surface area contributed by atoms with E-state index in [1.807, 2.05) is 6.07 Å². The van der Waals surface area contributed by atoms with Gasteiger partial charge >= 0.3 is 0 Å². The van der Waals surface area contributed by atoms with Crippen molar-refractivity contribution in [3.63, 3.8) is 0 Å². The highest BCUT2D eigenvalue weighted by Crippen LogP contribution is 2.24. The van der Waals surface area contributed by atoms with Gasteiger partial charge in [-0.05, 0) is 37.0 Å². The minimum Gasteiger partial charge on any atom is -0.381 e. The van der Waals surface area contributed by atoms with Crippen molar-refractivity contribution in [1.82, 2.24) is 0 Å². The Hall–Kier alpha value is -0.580. The average molecular weight is 255 g/mol. The highest BCUT2D eigenvalue weighted by molar-refractivity contribution is 7.99. The maximum atomic E-state index is 13.0. The molecule has 4 heteroatoms. The van der Waals surface area contributed by atoms with Crippen LogP contribution >= 0.6 is 11.8 Å². The van der Waals surface area contributed by atoms with Crippen molar-refractivity contribution < 1.29 is 9.13 Å². The van der Waals surface area contributed by atoms with Crippen molar-refractivity contribution in [2.24, 2.45) is 11.7 Å². The van der Waals surface area contributed by atoms with E-state index in [0.717, 1.165) is 36.7 Å². The SMILES string of the molecule is NC(CSc1cccc(F)c1)C1CCOCC1. The van der Waals surface area contributed by atoms with E-state index in [1.165, 1.54) is 6.07 Å². The predicted octanol–water partition coefficient (Wildman–Crippen LogP) is 2.67. The first-order chi connectivity index (χ1) is 8.25. The van der Waals surface area contributed by atoms with Gasteiger partial charge in [0.25, 0.3) is 0 Å². The summed E-state index contributed by atoms with van der Waals surface area (Å²) < 4.78 is 18.3. The number of rotatable bonds is 4. The van der Waals surface area contributed by atoms with Gasteiger partial charge in [0.1, 0.15) is 5.82 Å². The third kappa shape index (κ3) is 3.98. The van der Waals surface area contributed by atoms with Crippen molar-refractivity contribution in [2.45, 2.75) is 23.8 Å². The molecule has 1 heterocycles. The molecule has 1 aromatic rings. The number of halogens is 1. The lowest BCUT2D eigenvalue weighted by atomic mass is 9.94. The van der Waals surface area contributed by atoms with Crippen LogP contribution in [0.25, 0.3) is 0 Å². The highest BCUT2D eigenvalue weighted by Gasteiger charge is 2.20. The van der Waals surface area contributed by atoms with E-state index in [0.29, 0.717) is 5.92 Å². The molecule has 0 bridgehead atoms. The smallest absolute Gasteiger partial charge is 0.124 e. The maximum Gasteiger partial charge on any atom is 0.124 e. The lowest BCUT2D eigenvalue weighted by molar-refractivity contribution is 0.0607. The van der Waals surface area contributed by atoms with Gasteiger partial charge in [-0.1, -0.05) is 6.07 Å². The van der Waals surface area contributed by atoms with Gasteiger partial charge in [-0.15, -0.1) is 11.8 Å². The van der Waals surface area contributed by atoms with Crippen LogP contribution in [0.15, 0.2) is 29.2 Å². The molecule has 0 saturated carbocycles. The van der Waals surface area contributed by atoms with E-state index in [9.17, 15) is 4.39 Å². The first-order valence-corrected chi connectivity index (χ1v) is 6.96. The second kappa shape index (κ2) is 6.38. The van der Waals surface area contributed by atoms with Gasteiger partial charge in [-0.25, -0.2) is 4.39 Å². The molecular formula is C13H18FNOS. The Morgan fingerprint density at radius 3 is 2.88 bits per heavy atom. The van der Waals surface area contributed by atoms with Crippen molar-refractivity contribution in [3.8, 4) is 0 Å². The second-order valence-electron chi connectivity index (χ2n) is 4.38. The highest BCUT2D eigenvalue weighted by atomic mass is 32.2. The first kappa shape index (κ1) is 12.9. The van der Waals surface area contributed by atoms with E-state index < -0.39 is 0 Å². The number of ether oxygens (including phenoxy) is 1.